The third-order valence-corrected chi connectivity index (χ3v) is 2.72. The van der Waals surface area contributed by atoms with Crippen molar-refractivity contribution in [3.8, 4) is 5.88 Å². The van der Waals surface area contributed by atoms with E-state index in [9.17, 15) is 0 Å². The summed E-state index contributed by atoms with van der Waals surface area (Å²) >= 11 is 3.33. The Labute approximate surface area is 98.8 Å². The van der Waals surface area contributed by atoms with Gasteiger partial charge in [0.15, 0.2) is 0 Å². The molecule has 0 aliphatic rings. The number of ether oxygens (including phenoxy) is 1. The first-order chi connectivity index (χ1) is 7.27. The molecule has 0 radical (unpaired) electrons. The van der Waals surface area contributed by atoms with Gasteiger partial charge >= 0.3 is 0 Å². The predicted molar refractivity (Wildman–Crippen MR) is 63.0 cm³/mol. The Hall–Kier alpha value is -0.680. The van der Waals surface area contributed by atoms with Crippen LogP contribution in [0.15, 0.2) is 17.0 Å². The fourth-order valence-corrected chi connectivity index (χ4v) is 1.55. The molecule has 0 unspecified atom stereocenters. The Bertz CT molecular complexity index is 292. The van der Waals surface area contributed by atoms with Gasteiger partial charge in [-0.2, -0.15) is 0 Å². The molecule has 15 heavy (non-hydrogen) atoms. The second-order valence-corrected chi connectivity index (χ2v) is 3.91. The van der Waals surface area contributed by atoms with Crippen LogP contribution in [0.4, 0.5) is 0 Å². The molecule has 1 aromatic heterocycles. The number of nitrogens with zero attached hydrogens (tertiary/aromatic N) is 3. The Morgan fingerprint density at radius 3 is 2.73 bits per heavy atom. The van der Waals surface area contributed by atoms with E-state index in [1.807, 2.05) is 0 Å². The van der Waals surface area contributed by atoms with Crippen LogP contribution in [-0.4, -0.2) is 41.1 Å². The lowest BCUT2D eigenvalue weighted by Crippen LogP contribution is -2.28. The van der Waals surface area contributed by atoms with Crippen LogP contribution in [0.3, 0.4) is 0 Å². The van der Waals surface area contributed by atoms with Crippen molar-refractivity contribution in [3.05, 3.63) is 17.0 Å². The lowest BCUT2D eigenvalue weighted by molar-refractivity contribution is 0.217. The fraction of sp³-hybridized carbons (Fsp3) is 0.600. The van der Waals surface area contributed by atoms with Gasteiger partial charge in [-0.1, -0.05) is 13.8 Å². The molecule has 84 valence electrons. The van der Waals surface area contributed by atoms with Crippen LogP contribution in [0.2, 0.25) is 0 Å². The first-order valence-corrected chi connectivity index (χ1v) is 5.87. The van der Waals surface area contributed by atoms with Crippen molar-refractivity contribution in [1.82, 2.24) is 14.9 Å². The number of aromatic nitrogens is 2. The van der Waals surface area contributed by atoms with Gasteiger partial charge in [-0.3, -0.25) is 0 Å². The highest BCUT2D eigenvalue weighted by Crippen LogP contribution is 2.19. The highest BCUT2D eigenvalue weighted by molar-refractivity contribution is 9.10. The van der Waals surface area contributed by atoms with E-state index in [1.165, 1.54) is 6.33 Å². The van der Waals surface area contributed by atoms with E-state index >= 15 is 0 Å². The average Bonchev–Trinajstić information content (AvgIpc) is 2.27. The number of hydrogen-bond donors (Lipinski definition) is 0. The van der Waals surface area contributed by atoms with Gasteiger partial charge in [-0.15, -0.1) is 0 Å². The second-order valence-electron chi connectivity index (χ2n) is 3.05. The number of halogens is 1. The maximum absolute atomic E-state index is 5.53. The average molecular weight is 274 g/mol. The third kappa shape index (κ3) is 4.13. The molecule has 4 nitrogen and oxygen atoms in total. The van der Waals surface area contributed by atoms with E-state index in [-0.39, 0.29) is 0 Å². The van der Waals surface area contributed by atoms with Crippen molar-refractivity contribution < 1.29 is 4.74 Å². The Morgan fingerprint density at radius 1 is 1.40 bits per heavy atom. The maximum atomic E-state index is 5.53. The Morgan fingerprint density at radius 2 is 2.13 bits per heavy atom. The van der Waals surface area contributed by atoms with Gasteiger partial charge in [-0.05, 0) is 29.0 Å². The van der Waals surface area contributed by atoms with Crippen LogP contribution in [0.25, 0.3) is 0 Å². The van der Waals surface area contributed by atoms with Gasteiger partial charge < -0.3 is 9.64 Å². The van der Waals surface area contributed by atoms with Crippen LogP contribution in [0, 0.1) is 0 Å². The summed E-state index contributed by atoms with van der Waals surface area (Å²) in [6, 6.07) is 0. The van der Waals surface area contributed by atoms with Crippen LogP contribution in [0.1, 0.15) is 13.8 Å². The summed E-state index contributed by atoms with van der Waals surface area (Å²) in [4.78, 5) is 10.2. The highest BCUT2D eigenvalue weighted by Gasteiger charge is 2.03. The number of rotatable bonds is 6. The summed E-state index contributed by atoms with van der Waals surface area (Å²) in [6.45, 7) is 7.95. The Kier molecular flexibility index (Phi) is 5.57. The zero-order valence-electron chi connectivity index (χ0n) is 9.11. The third-order valence-electron chi connectivity index (χ3n) is 2.17. The molecule has 0 aliphatic carbocycles. The zero-order chi connectivity index (χ0) is 11.1. The molecule has 1 rings (SSSR count). The summed E-state index contributed by atoms with van der Waals surface area (Å²) in [5.41, 5.74) is 0. The lowest BCUT2D eigenvalue weighted by Gasteiger charge is -2.17. The molecular formula is C10H16BrN3O. The van der Waals surface area contributed by atoms with E-state index in [2.05, 4.69) is 44.6 Å². The number of likely N-dealkylation sites (N-methyl/N-ethyl adjacent to an activating group) is 1. The van der Waals surface area contributed by atoms with E-state index in [1.54, 1.807) is 6.20 Å². The molecule has 1 aromatic rings. The molecule has 5 heteroatoms. The summed E-state index contributed by atoms with van der Waals surface area (Å²) in [6.07, 6.45) is 3.16. The first kappa shape index (κ1) is 12.4. The molecule has 0 atom stereocenters. The van der Waals surface area contributed by atoms with Crippen molar-refractivity contribution in [2.24, 2.45) is 0 Å². The van der Waals surface area contributed by atoms with Gasteiger partial charge in [0.05, 0.1) is 4.47 Å². The van der Waals surface area contributed by atoms with Crippen molar-refractivity contribution in [3.63, 3.8) is 0 Å². The predicted octanol–water partition coefficient (Wildman–Crippen LogP) is 1.96. The minimum atomic E-state index is 0.608. The smallest absolute Gasteiger partial charge is 0.231 e. The van der Waals surface area contributed by atoms with Gasteiger partial charge in [-0.25, -0.2) is 9.97 Å². The molecule has 0 saturated carbocycles. The van der Waals surface area contributed by atoms with Crippen molar-refractivity contribution in [2.75, 3.05) is 26.2 Å². The minimum absolute atomic E-state index is 0.608. The van der Waals surface area contributed by atoms with E-state index in [0.29, 0.717) is 12.5 Å². The summed E-state index contributed by atoms with van der Waals surface area (Å²) in [5, 5.41) is 0. The normalized spacial score (nSPS) is 10.7. The van der Waals surface area contributed by atoms with Gasteiger partial charge in [0, 0.05) is 12.7 Å². The molecular weight excluding hydrogens is 258 g/mol. The van der Waals surface area contributed by atoms with Gasteiger partial charge in [0.2, 0.25) is 5.88 Å². The van der Waals surface area contributed by atoms with E-state index < -0.39 is 0 Å². The van der Waals surface area contributed by atoms with Crippen LogP contribution >= 0.6 is 15.9 Å². The van der Waals surface area contributed by atoms with Gasteiger partial charge in [0.1, 0.15) is 12.9 Å². The van der Waals surface area contributed by atoms with Crippen molar-refractivity contribution >= 4 is 15.9 Å². The standard InChI is InChI=1S/C10H16BrN3O/c1-3-14(4-2)5-6-15-10-9(11)7-12-8-13-10/h7-8H,3-6H2,1-2H3. The highest BCUT2D eigenvalue weighted by atomic mass is 79.9. The molecule has 0 fully saturated rings. The SMILES string of the molecule is CCN(CC)CCOc1ncncc1Br. The monoisotopic (exact) mass is 273 g/mol. The summed E-state index contributed by atoms with van der Waals surface area (Å²) in [7, 11) is 0. The molecule has 0 aromatic carbocycles. The van der Waals surface area contributed by atoms with Crippen molar-refractivity contribution in [2.45, 2.75) is 13.8 Å². The quantitative estimate of drug-likeness (QED) is 0.794. The van der Waals surface area contributed by atoms with Crippen LogP contribution < -0.4 is 4.74 Å². The molecule has 0 N–H and O–H groups in total. The molecule has 1 heterocycles. The van der Waals surface area contributed by atoms with Crippen LogP contribution in [-0.2, 0) is 0 Å². The Balaban J connectivity index is 2.34. The van der Waals surface area contributed by atoms with E-state index in [4.69, 9.17) is 4.74 Å². The topological polar surface area (TPSA) is 38.2 Å². The molecule has 0 amide bonds. The van der Waals surface area contributed by atoms with Crippen LogP contribution in [0.5, 0.6) is 5.88 Å². The first-order valence-electron chi connectivity index (χ1n) is 5.08. The van der Waals surface area contributed by atoms with Crippen molar-refractivity contribution in [1.29, 1.82) is 0 Å². The van der Waals surface area contributed by atoms with E-state index in [0.717, 1.165) is 24.1 Å². The van der Waals surface area contributed by atoms with Gasteiger partial charge in [0.25, 0.3) is 0 Å². The maximum Gasteiger partial charge on any atom is 0.231 e. The lowest BCUT2D eigenvalue weighted by atomic mass is 10.5. The molecule has 0 bridgehead atoms. The molecule has 0 spiro atoms. The second kappa shape index (κ2) is 6.74. The minimum Gasteiger partial charge on any atom is -0.475 e. The fourth-order valence-electron chi connectivity index (χ4n) is 1.22. The zero-order valence-corrected chi connectivity index (χ0v) is 10.7. The number of hydrogen-bond acceptors (Lipinski definition) is 4. The largest absolute Gasteiger partial charge is 0.475 e. The summed E-state index contributed by atoms with van der Waals surface area (Å²) in [5.74, 6) is 0.608. The summed E-state index contributed by atoms with van der Waals surface area (Å²) < 4.78 is 6.33. The molecule has 0 saturated heterocycles. The molecule has 0 aliphatic heterocycles.